The van der Waals surface area contributed by atoms with Gasteiger partial charge < -0.3 is 9.64 Å². The molecule has 0 saturated carbocycles. The number of hydrogen-bond acceptors (Lipinski definition) is 6. The van der Waals surface area contributed by atoms with E-state index in [1.165, 1.54) is 16.4 Å². The van der Waals surface area contributed by atoms with Crippen LogP contribution in [0.4, 0.5) is 4.79 Å². The molecule has 0 bridgehead atoms. The second-order valence-electron chi connectivity index (χ2n) is 7.69. The Morgan fingerprint density at radius 1 is 1.09 bits per heavy atom. The Bertz CT molecular complexity index is 1060. The fraction of sp³-hybridized carbons (Fsp3) is 0.292. The Morgan fingerprint density at radius 2 is 1.84 bits per heavy atom. The van der Waals surface area contributed by atoms with Gasteiger partial charge in [0, 0.05) is 28.7 Å². The number of hydroxylamine groups is 2. The first-order chi connectivity index (χ1) is 15.5. The molecule has 2 amide bonds. The van der Waals surface area contributed by atoms with Crippen molar-refractivity contribution in [3.8, 4) is 10.6 Å². The molecule has 8 heteroatoms. The summed E-state index contributed by atoms with van der Waals surface area (Å²) in [5.74, 6) is -0.112. The molecule has 0 aliphatic carbocycles. The first-order valence-electron chi connectivity index (χ1n) is 10.5. The topological polar surface area (TPSA) is 72.0 Å². The second kappa shape index (κ2) is 9.93. The van der Waals surface area contributed by atoms with Gasteiger partial charge in [0.1, 0.15) is 11.6 Å². The van der Waals surface area contributed by atoms with Crippen LogP contribution in [0.3, 0.4) is 0 Å². The fourth-order valence-electron chi connectivity index (χ4n) is 3.76. The Kier molecular flexibility index (Phi) is 6.82. The summed E-state index contributed by atoms with van der Waals surface area (Å²) in [5.41, 5.74) is 2.28. The summed E-state index contributed by atoms with van der Waals surface area (Å²) < 4.78 is 5.41. The number of aromatic nitrogens is 1. The lowest BCUT2D eigenvalue weighted by molar-refractivity contribution is -0.133. The van der Waals surface area contributed by atoms with Gasteiger partial charge in [0.15, 0.2) is 0 Å². The number of carbonyl (C=O) groups excluding carboxylic acids is 2. The van der Waals surface area contributed by atoms with Crippen LogP contribution in [0, 0.1) is 0 Å². The van der Waals surface area contributed by atoms with Crippen molar-refractivity contribution in [2.45, 2.75) is 32.5 Å². The van der Waals surface area contributed by atoms with Crippen LogP contribution in [0.2, 0.25) is 0 Å². The van der Waals surface area contributed by atoms with Crippen molar-refractivity contribution in [2.24, 2.45) is 0 Å². The summed E-state index contributed by atoms with van der Waals surface area (Å²) in [4.78, 5) is 38.0. The highest BCUT2D eigenvalue weighted by atomic mass is 32.1. The minimum absolute atomic E-state index is 0.112. The summed E-state index contributed by atoms with van der Waals surface area (Å²) in [6, 6.07) is 16.4. The van der Waals surface area contributed by atoms with Crippen LogP contribution in [0.5, 0.6) is 0 Å². The summed E-state index contributed by atoms with van der Waals surface area (Å²) in [6.45, 7) is 4.39. The lowest BCUT2D eigenvalue weighted by atomic mass is 10.0. The standard InChI is InChI=1S/C24H25N3O4S/c1-17-14-26(24(29)30-16-19-8-4-3-5-9-19)31-15-18(2)27(17)23(28)21-11-7-6-10-20(21)22-25-12-13-32-22/h3-13,17-18H,14-16H2,1-2H3/t17-,18+/m0/s1. The maximum atomic E-state index is 13.6. The molecule has 1 aromatic heterocycles. The van der Waals surface area contributed by atoms with Crippen molar-refractivity contribution < 1.29 is 19.2 Å². The van der Waals surface area contributed by atoms with Crippen molar-refractivity contribution in [3.05, 3.63) is 77.3 Å². The van der Waals surface area contributed by atoms with Gasteiger partial charge in [-0.25, -0.2) is 9.78 Å². The van der Waals surface area contributed by atoms with Gasteiger partial charge in [-0.05, 0) is 25.5 Å². The molecular formula is C24H25N3O4S. The lowest BCUT2D eigenvalue weighted by Gasteiger charge is -2.32. The number of amides is 2. The van der Waals surface area contributed by atoms with Crippen molar-refractivity contribution in [2.75, 3.05) is 13.2 Å². The van der Waals surface area contributed by atoms with Gasteiger partial charge >= 0.3 is 6.09 Å². The third kappa shape index (κ3) is 4.81. The highest BCUT2D eigenvalue weighted by Gasteiger charge is 2.35. The van der Waals surface area contributed by atoms with E-state index in [2.05, 4.69) is 4.98 Å². The molecule has 32 heavy (non-hydrogen) atoms. The smallest absolute Gasteiger partial charge is 0.434 e. The molecule has 0 N–H and O–H groups in total. The van der Waals surface area contributed by atoms with Crippen LogP contribution < -0.4 is 0 Å². The summed E-state index contributed by atoms with van der Waals surface area (Å²) >= 11 is 1.49. The van der Waals surface area contributed by atoms with Crippen molar-refractivity contribution in [1.82, 2.24) is 14.9 Å². The molecule has 1 saturated heterocycles. The first-order valence-corrected chi connectivity index (χ1v) is 11.3. The summed E-state index contributed by atoms with van der Waals surface area (Å²) in [7, 11) is 0. The SMILES string of the molecule is C[C@@H]1CON(C(=O)OCc2ccccc2)C[C@H](C)N1C(=O)c1ccccc1-c1nccs1. The third-order valence-corrected chi connectivity index (χ3v) is 6.12. The van der Waals surface area contributed by atoms with Gasteiger partial charge in [0.2, 0.25) is 0 Å². The molecule has 1 aliphatic rings. The van der Waals surface area contributed by atoms with Crippen LogP contribution in [-0.2, 0) is 16.2 Å². The Balaban J connectivity index is 1.48. The lowest BCUT2D eigenvalue weighted by Crippen LogP contribution is -2.47. The highest BCUT2D eigenvalue weighted by molar-refractivity contribution is 7.13. The molecule has 2 heterocycles. The third-order valence-electron chi connectivity index (χ3n) is 5.31. The number of rotatable bonds is 4. The quantitative estimate of drug-likeness (QED) is 0.579. The Morgan fingerprint density at radius 3 is 2.59 bits per heavy atom. The molecule has 166 valence electrons. The van der Waals surface area contributed by atoms with Crippen LogP contribution >= 0.6 is 11.3 Å². The van der Waals surface area contributed by atoms with Gasteiger partial charge in [-0.2, -0.15) is 5.06 Å². The number of carbonyl (C=O) groups is 2. The number of thiazole rings is 1. The minimum atomic E-state index is -0.564. The molecule has 2 aromatic carbocycles. The minimum Gasteiger partial charge on any atom is -0.443 e. The van der Waals surface area contributed by atoms with E-state index in [1.54, 1.807) is 11.1 Å². The normalized spacial score (nSPS) is 18.8. The van der Waals surface area contributed by atoms with E-state index in [0.717, 1.165) is 16.1 Å². The van der Waals surface area contributed by atoms with E-state index in [-0.39, 0.29) is 37.7 Å². The van der Waals surface area contributed by atoms with Gasteiger partial charge in [-0.3, -0.25) is 9.63 Å². The predicted octanol–water partition coefficient (Wildman–Crippen LogP) is 4.61. The van der Waals surface area contributed by atoms with Crippen LogP contribution in [0.25, 0.3) is 10.6 Å². The van der Waals surface area contributed by atoms with Crippen LogP contribution in [0.1, 0.15) is 29.8 Å². The molecule has 1 aliphatic heterocycles. The molecule has 3 aromatic rings. The molecule has 0 unspecified atom stereocenters. The number of hydrogen-bond donors (Lipinski definition) is 0. The second-order valence-corrected chi connectivity index (χ2v) is 8.58. The maximum Gasteiger partial charge on any atom is 0.434 e. The Labute approximate surface area is 191 Å². The summed E-state index contributed by atoms with van der Waals surface area (Å²) in [6.07, 6.45) is 1.16. The molecule has 0 radical (unpaired) electrons. The van der Waals surface area contributed by atoms with E-state index < -0.39 is 6.09 Å². The van der Waals surface area contributed by atoms with Gasteiger partial charge in [0.05, 0.1) is 19.2 Å². The van der Waals surface area contributed by atoms with Gasteiger partial charge in [0.25, 0.3) is 5.91 Å². The zero-order valence-electron chi connectivity index (χ0n) is 18.0. The predicted molar refractivity (Wildman–Crippen MR) is 122 cm³/mol. The average molecular weight is 452 g/mol. The molecular weight excluding hydrogens is 426 g/mol. The monoisotopic (exact) mass is 451 g/mol. The van der Waals surface area contributed by atoms with E-state index in [9.17, 15) is 9.59 Å². The van der Waals surface area contributed by atoms with Crippen LogP contribution in [-0.4, -0.2) is 52.2 Å². The molecule has 4 rings (SSSR count). The zero-order chi connectivity index (χ0) is 22.5. The molecule has 1 fully saturated rings. The largest absolute Gasteiger partial charge is 0.443 e. The Hall–Kier alpha value is -3.23. The maximum absolute atomic E-state index is 13.6. The first kappa shape index (κ1) is 22.0. The van der Waals surface area contributed by atoms with E-state index in [4.69, 9.17) is 9.57 Å². The van der Waals surface area contributed by atoms with E-state index in [1.807, 2.05) is 73.8 Å². The van der Waals surface area contributed by atoms with Gasteiger partial charge in [-0.1, -0.05) is 48.5 Å². The zero-order valence-corrected chi connectivity index (χ0v) is 18.8. The number of benzene rings is 2. The van der Waals surface area contributed by atoms with Crippen LogP contribution in [0.15, 0.2) is 66.2 Å². The van der Waals surface area contributed by atoms with E-state index in [0.29, 0.717) is 5.56 Å². The van der Waals surface area contributed by atoms with Gasteiger partial charge in [-0.15, -0.1) is 11.3 Å². The van der Waals surface area contributed by atoms with E-state index >= 15 is 0 Å². The van der Waals surface area contributed by atoms with Crippen molar-refractivity contribution in [1.29, 1.82) is 0 Å². The fourth-order valence-corrected chi connectivity index (χ4v) is 4.44. The molecule has 0 spiro atoms. The summed E-state index contributed by atoms with van der Waals surface area (Å²) in [5, 5.41) is 3.90. The molecule has 2 atom stereocenters. The molecule has 7 nitrogen and oxygen atoms in total. The number of ether oxygens (including phenoxy) is 1. The number of nitrogens with zero attached hydrogens (tertiary/aromatic N) is 3. The van der Waals surface area contributed by atoms with Crippen molar-refractivity contribution in [3.63, 3.8) is 0 Å². The average Bonchev–Trinajstić information content (AvgIpc) is 3.31. The highest BCUT2D eigenvalue weighted by Crippen LogP contribution is 2.28. The van der Waals surface area contributed by atoms with Crippen molar-refractivity contribution >= 4 is 23.3 Å².